The van der Waals surface area contributed by atoms with Crippen LogP contribution in [-0.4, -0.2) is 51.0 Å². The molecule has 0 saturated carbocycles. The largest absolute Gasteiger partial charge is 0.507 e. The minimum absolute atomic E-state index is 0.0194. The van der Waals surface area contributed by atoms with Crippen LogP contribution in [0.4, 0.5) is 0 Å². The number of fused-ring (bicyclic) bond motifs is 2. The van der Waals surface area contributed by atoms with Crippen LogP contribution in [0.1, 0.15) is 79.1 Å². The Morgan fingerprint density at radius 3 is 1.86 bits per heavy atom. The standard InChI is InChI=1S/C33H36O9/c1-8-41-23(35)13-42-22-11-19-18(24(14(2)3)31(22)38)9-16(6)26(29(19)36)27-17(7)10-20-25(15(4)5)33(40)30(37)21(12-34)28(20)32(27)39/h9-12,14-15,36-40H,8,13H2,1-7H3. The van der Waals surface area contributed by atoms with Crippen molar-refractivity contribution in [1.29, 1.82) is 0 Å². The Kier molecular flexibility index (Phi) is 8.16. The third kappa shape index (κ3) is 4.78. The first kappa shape index (κ1) is 30.3. The molecule has 0 unspecified atom stereocenters. The first-order valence-electron chi connectivity index (χ1n) is 13.8. The molecule has 0 radical (unpaired) electrons. The number of aromatic hydroxyl groups is 5. The second-order valence-electron chi connectivity index (χ2n) is 11.0. The van der Waals surface area contributed by atoms with Crippen molar-refractivity contribution >= 4 is 33.8 Å². The van der Waals surface area contributed by atoms with Gasteiger partial charge in [0.25, 0.3) is 0 Å². The number of aldehydes is 1. The number of rotatable bonds is 8. The molecule has 4 rings (SSSR count). The summed E-state index contributed by atoms with van der Waals surface area (Å²) in [6.45, 7) is 12.3. The maximum atomic E-state index is 12.1. The lowest BCUT2D eigenvalue weighted by Gasteiger charge is -2.23. The molecule has 0 aromatic heterocycles. The van der Waals surface area contributed by atoms with Gasteiger partial charge in [-0.25, -0.2) is 4.79 Å². The Hall–Kier alpha value is -4.66. The van der Waals surface area contributed by atoms with E-state index in [1.165, 1.54) is 6.07 Å². The van der Waals surface area contributed by atoms with E-state index < -0.39 is 24.1 Å². The van der Waals surface area contributed by atoms with E-state index in [1.54, 1.807) is 32.9 Å². The molecule has 0 aliphatic heterocycles. The fourth-order valence-corrected chi connectivity index (χ4v) is 5.79. The molecule has 0 amide bonds. The van der Waals surface area contributed by atoms with Crippen LogP contribution in [-0.2, 0) is 9.53 Å². The van der Waals surface area contributed by atoms with E-state index in [1.807, 2.05) is 27.7 Å². The van der Waals surface area contributed by atoms with E-state index in [2.05, 4.69) is 0 Å². The lowest BCUT2D eigenvalue weighted by molar-refractivity contribution is -0.145. The summed E-state index contributed by atoms with van der Waals surface area (Å²) in [5.74, 6) is -2.87. The first-order chi connectivity index (χ1) is 19.8. The van der Waals surface area contributed by atoms with Crippen LogP contribution < -0.4 is 4.74 Å². The van der Waals surface area contributed by atoms with Crippen molar-refractivity contribution in [3.63, 3.8) is 0 Å². The zero-order chi connectivity index (χ0) is 31.2. The predicted octanol–water partition coefficient (Wildman–Crippen LogP) is 6.81. The van der Waals surface area contributed by atoms with Gasteiger partial charge in [-0.15, -0.1) is 0 Å². The highest BCUT2D eigenvalue weighted by atomic mass is 16.6. The molecule has 222 valence electrons. The average Bonchev–Trinajstić information content (AvgIpc) is 2.90. The maximum absolute atomic E-state index is 12.1. The SMILES string of the molecule is CCOC(=O)COc1cc2c(O)c(-c3c(C)cc4c(C(C)C)c(O)c(O)c(C=O)c4c3O)c(C)cc2c(C(C)C)c1O. The fraction of sp³-hybridized carbons (Fsp3) is 0.333. The minimum atomic E-state index is -0.633. The molecule has 9 nitrogen and oxygen atoms in total. The summed E-state index contributed by atoms with van der Waals surface area (Å²) in [5, 5.41) is 57.2. The lowest BCUT2D eigenvalue weighted by Crippen LogP contribution is -2.14. The van der Waals surface area contributed by atoms with E-state index >= 15 is 0 Å². The molecule has 0 atom stereocenters. The van der Waals surface area contributed by atoms with Gasteiger partial charge in [0.2, 0.25) is 0 Å². The van der Waals surface area contributed by atoms with Crippen LogP contribution in [0.15, 0.2) is 18.2 Å². The van der Waals surface area contributed by atoms with Crippen LogP contribution in [0, 0.1) is 13.8 Å². The summed E-state index contributed by atoms with van der Waals surface area (Å²) < 4.78 is 10.5. The molecule has 5 N–H and O–H groups in total. The van der Waals surface area contributed by atoms with E-state index in [9.17, 15) is 35.1 Å². The van der Waals surface area contributed by atoms with Crippen LogP contribution in [0.25, 0.3) is 32.7 Å². The molecule has 0 spiro atoms. The van der Waals surface area contributed by atoms with Gasteiger partial charge in [-0.1, -0.05) is 39.8 Å². The summed E-state index contributed by atoms with van der Waals surface area (Å²) in [6, 6.07) is 4.92. The number of carbonyl (C=O) groups excluding carboxylic acids is 2. The molecule has 0 aliphatic carbocycles. The van der Waals surface area contributed by atoms with Crippen molar-refractivity contribution in [2.75, 3.05) is 13.2 Å². The van der Waals surface area contributed by atoms with Crippen LogP contribution in [0.5, 0.6) is 34.5 Å². The summed E-state index contributed by atoms with van der Waals surface area (Å²) >= 11 is 0. The monoisotopic (exact) mass is 576 g/mol. The molecule has 9 heteroatoms. The number of hydrogen-bond donors (Lipinski definition) is 5. The smallest absolute Gasteiger partial charge is 0.344 e. The molecule has 42 heavy (non-hydrogen) atoms. The van der Waals surface area contributed by atoms with Crippen molar-refractivity contribution in [2.24, 2.45) is 0 Å². The van der Waals surface area contributed by atoms with E-state index in [0.29, 0.717) is 44.7 Å². The predicted molar refractivity (Wildman–Crippen MR) is 160 cm³/mol. The molecule has 4 aromatic carbocycles. The second-order valence-corrected chi connectivity index (χ2v) is 11.0. The third-order valence-corrected chi connectivity index (χ3v) is 7.56. The summed E-state index contributed by atoms with van der Waals surface area (Å²) in [5.41, 5.74) is 2.22. The van der Waals surface area contributed by atoms with Crippen LogP contribution in [0.3, 0.4) is 0 Å². The van der Waals surface area contributed by atoms with Gasteiger partial charge < -0.3 is 35.0 Å². The second kappa shape index (κ2) is 11.3. The molecule has 0 heterocycles. The lowest BCUT2D eigenvalue weighted by atomic mass is 9.84. The van der Waals surface area contributed by atoms with Gasteiger partial charge in [0.1, 0.15) is 11.5 Å². The maximum Gasteiger partial charge on any atom is 0.344 e. The summed E-state index contributed by atoms with van der Waals surface area (Å²) in [7, 11) is 0. The Bertz CT molecular complexity index is 1750. The highest BCUT2D eigenvalue weighted by molar-refractivity contribution is 6.12. The van der Waals surface area contributed by atoms with Crippen molar-refractivity contribution in [2.45, 2.75) is 60.3 Å². The molecule has 0 aliphatic rings. The number of aryl methyl sites for hydroxylation is 2. The van der Waals surface area contributed by atoms with Crippen LogP contribution >= 0.6 is 0 Å². The number of carbonyl (C=O) groups is 2. The highest BCUT2D eigenvalue weighted by Gasteiger charge is 2.28. The Labute approximate surface area is 243 Å². The van der Waals surface area contributed by atoms with Crippen molar-refractivity contribution in [1.82, 2.24) is 0 Å². The Morgan fingerprint density at radius 2 is 1.31 bits per heavy atom. The van der Waals surface area contributed by atoms with Gasteiger partial charge in [-0.2, -0.15) is 0 Å². The van der Waals surface area contributed by atoms with E-state index in [4.69, 9.17) is 9.47 Å². The van der Waals surface area contributed by atoms with Gasteiger partial charge in [-0.05, 0) is 60.6 Å². The Morgan fingerprint density at radius 1 is 0.762 bits per heavy atom. The molecular formula is C33H36O9. The number of phenolic OH excluding ortho intramolecular Hbond substituents is 5. The molecule has 0 saturated heterocycles. The van der Waals surface area contributed by atoms with E-state index in [0.717, 1.165) is 0 Å². The molecule has 0 bridgehead atoms. The zero-order valence-corrected chi connectivity index (χ0v) is 24.7. The number of hydrogen-bond acceptors (Lipinski definition) is 9. The number of phenols is 5. The van der Waals surface area contributed by atoms with Gasteiger partial charge >= 0.3 is 5.97 Å². The van der Waals surface area contributed by atoms with Gasteiger partial charge in [0.05, 0.1) is 12.2 Å². The first-order valence-corrected chi connectivity index (χ1v) is 13.8. The van der Waals surface area contributed by atoms with Gasteiger partial charge in [0, 0.05) is 33.0 Å². The topological polar surface area (TPSA) is 154 Å². The summed E-state index contributed by atoms with van der Waals surface area (Å²) in [6.07, 6.45) is 0.373. The molecular weight excluding hydrogens is 540 g/mol. The number of benzene rings is 4. The van der Waals surface area contributed by atoms with Crippen LogP contribution in [0.2, 0.25) is 0 Å². The summed E-state index contributed by atoms with van der Waals surface area (Å²) in [4.78, 5) is 24.0. The zero-order valence-electron chi connectivity index (χ0n) is 24.7. The quantitative estimate of drug-likeness (QED) is 0.0865. The molecule has 4 aromatic rings. The van der Waals surface area contributed by atoms with Crippen molar-refractivity contribution < 1.29 is 44.6 Å². The van der Waals surface area contributed by atoms with E-state index in [-0.39, 0.29) is 63.5 Å². The number of ether oxygens (including phenoxy) is 2. The average molecular weight is 577 g/mol. The normalized spacial score (nSPS) is 11.5. The van der Waals surface area contributed by atoms with Gasteiger partial charge in [-0.3, -0.25) is 4.79 Å². The van der Waals surface area contributed by atoms with Crippen molar-refractivity contribution in [3.05, 3.63) is 46.0 Å². The Balaban J connectivity index is 2.10. The third-order valence-electron chi connectivity index (χ3n) is 7.56. The fourth-order valence-electron chi connectivity index (χ4n) is 5.79. The highest BCUT2D eigenvalue weighted by Crippen LogP contribution is 2.53. The number of esters is 1. The van der Waals surface area contributed by atoms with Crippen molar-refractivity contribution in [3.8, 4) is 45.6 Å². The minimum Gasteiger partial charge on any atom is -0.507 e. The molecule has 0 fully saturated rings. The van der Waals surface area contributed by atoms with Gasteiger partial charge in [0.15, 0.2) is 35.9 Å².